The molecule has 3 atom stereocenters. The molecule has 0 bridgehead atoms. The number of rotatable bonds is 1. The van der Waals surface area contributed by atoms with Crippen LogP contribution in [0.5, 0.6) is 0 Å². The van der Waals surface area contributed by atoms with Crippen LogP contribution < -0.4 is 5.32 Å². The Hall–Kier alpha value is -1.68. The third-order valence-electron chi connectivity index (χ3n) is 4.39. The van der Waals surface area contributed by atoms with Gasteiger partial charge in [-0.15, -0.1) is 0 Å². The standard InChI is InChI=1S/C17H14BrFN2/c18-10-8-13-11-4-3-5-12(11)17(15-6-1-2-7-20-15)21-16(13)14(19)9-10/h1-4,6-9,11-12,17,21H,5H2/t11-,12+,17+/m1/s1. The van der Waals surface area contributed by atoms with Crippen LogP contribution in [-0.4, -0.2) is 4.98 Å². The fourth-order valence-electron chi connectivity index (χ4n) is 3.47. The van der Waals surface area contributed by atoms with Gasteiger partial charge in [-0.05, 0) is 42.2 Å². The molecule has 0 amide bonds. The fourth-order valence-corrected chi connectivity index (χ4v) is 3.92. The third-order valence-corrected chi connectivity index (χ3v) is 4.85. The van der Waals surface area contributed by atoms with Crippen molar-refractivity contribution in [3.63, 3.8) is 0 Å². The molecule has 2 heterocycles. The highest BCUT2D eigenvalue weighted by atomic mass is 79.9. The van der Waals surface area contributed by atoms with E-state index in [-0.39, 0.29) is 17.8 Å². The maximum absolute atomic E-state index is 14.3. The van der Waals surface area contributed by atoms with E-state index in [1.54, 1.807) is 6.20 Å². The monoisotopic (exact) mass is 344 g/mol. The van der Waals surface area contributed by atoms with Crippen LogP contribution in [0.15, 0.2) is 53.2 Å². The Bertz CT molecular complexity index is 714. The maximum Gasteiger partial charge on any atom is 0.147 e. The van der Waals surface area contributed by atoms with E-state index in [1.165, 1.54) is 6.07 Å². The first-order chi connectivity index (χ1) is 10.2. The average Bonchev–Trinajstić information content (AvgIpc) is 2.97. The second-order valence-electron chi connectivity index (χ2n) is 5.58. The summed E-state index contributed by atoms with van der Waals surface area (Å²) in [5.41, 5.74) is 2.62. The number of aromatic nitrogens is 1. The molecule has 0 fully saturated rings. The van der Waals surface area contributed by atoms with Gasteiger partial charge in [-0.1, -0.05) is 34.1 Å². The van der Waals surface area contributed by atoms with Gasteiger partial charge >= 0.3 is 0 Å². The summed E-state index contributed by atoms with van der Waals surface area (Å²) in [6, 6.07) is 9.48. The number of benzene rings is 1. The number of halogens is 2. The average molecular weight is 345 g/mol. The molecule has 0 saturated carbocycles. The van der Waals surface area contributed by atoms with Crippen molar-refractivity contribution in [2.75, 3.05) is 5.32 Å². The zero-order valence-electron chi connectivity index (χ0n) is 11.3. The lowest BCUT2D eigenvalue weighted by atomic mass is 9.78. The topological polar surface area (TPSA) is 24.9 Å². The van der Waals surface area contributed by atoms with E-state index in [9.17, 15) is 4.39 Å². The second-order valence-corrected chi connectivity index (χ2v) is 6.50. The molecule has 21 heavy (non-hydrogen) atoms. The number of anilines is 1. The van der Waals surface area contributed by atoms with Gasteiger partial charge in [0, 0.05) is 16.6 Å². The largest absolute Gasteiger partial charge is 0.374 e. The molecular weight excluding hydrogens is 331 g/mol. The molecule has 1 aromatic heterocycles. The van der Waals surface area contributed by atoms with Crippen LogP contribution in [0.4, 0.5) is 10.1 Å². The van der Waals surface area contributed by atoms with Gasteiger partial charge in [-0.2, -0.15) is 0 Å². The van der Waals surface area contributed by atoms with Crippen molar-refractivity contribution in [1.29, 1.82) is 0 Å². The van der Waals surface area contributed by atoms with Crippen LogP contribution in [0.25, 0.3) is 0 Å². The van der Waals surface area contributed by atoms with Crippen LogP contribution >= 0.6 is 15.9 Å². The van der Waals surface area contributed by atoms with Crippen LogP contribution in [0.2, 0.25) is 0 Å². The van der Waals surface area contributed by atoms with Crippen molar-refractivity contribution in [2.45, 2.75) is 18.4 Å². The van der Waals surface area contributed by atoms with Gasteiger partial charge in [-0.25, -0.2) is 4.39 Å². The molecule has 4 rings (SSSR count). The van der Waals surface area contributed by atoms with Gasteiger partial charge in [0.25, 0.3) is 0 Å². The van der Waals surface area contributed by atoms with E-state index in [0.717, 1.165) is 22.2 Å². The Balaban J connectivity index is 1.84. The SMILES string of the molecule is Fc1cc(Br)cc2c1N[C@H](c1ccccn1)[C@H]1CC=C[C@@H]21. The molecule has 4 heteroatoms. The molecular formula is C17H14BrFN2. The summed E-state index contributed by atoms with van der Waals surface area (Å²) >= 11 is 3.39. The molecule has 1 aliphatic heterocycles. The van der Waals surface area contributed by atoms with Crippen LogP contribution in [0.1, 0.15) is 29.6 Å². The summed E-state index contributed by atoms with van der Waals surface area (Å²) < 4.78 is 15.1. The minimum absolute atomic E-state index is 0.0503. The van der Waals surface area contributed by atoms with E-state index >= 15 is 0 Å². The first-order valence-corrected chi connectivity index (χ1v) is 7.86. The van der Waals surface area contributed by atoms with Crippen molar-refractivity contribution >= 4 is 21.6 Å². The predicted octanol–water partition coefficient (Wildman–Crippen LogP) is 4.81. The summed E-state index contributed by atoms with van der Waals surface area (Å²) in [7, 11) is 0. The molecule has 106 valence electrons. The van der Waals surface area contributed by atoms with Crippen LogP contribution in [0.3, 0.4) is 0 Å². The lowest BCUT2D eigenvalue weighted by Crippen LogP contribution is -2.30. The zero-order chi connectivity index (χ0) is 14.4. The second kappa shape index (κ2) is 4.95. The first kappa shape index (κ1) is 13.0. The fraction of sp³-hybridized carbons (Fsp3) is 0.235. The number of hydrogen-bond acceptors (Lipinski definition) is 2. The lowest BCUT2D eigenvalue weighted by Gasteiger charge is -2.37. The van der Waals surface area contributed by atoms with Gasteiger partial charge in [0.15, 0.2) is 0 Å². The molecule has 0 unspecified atom stereocenters. The van der Waals surface area contributed by atoms with E-state index in [0.29, 0.717) is 11.6 Å². The number of fused-ring (bicyclic) bond motifs is 3. The number of pyridine rings is 1. The van der Waals surface area contributed by atoms with Gasteiger partial charge in [0.05, 0.1) is 17.4 Å². The highest BCUT2D eigenvalue weighted by Crippen LogP contribution is 2.50. The molecule has 0 spiro atoms. The minimum Gasteiger partial charge on any atom is -0.374 e. The summed E-state index contributed by atoms with van der Waals surface area (Å²) in [5.74, 6) is 0.431. The Kier molecular flexibility index (Phi) is 3.07. The highest BCUT2D eigenvalue weighted by Gasteiger charge is 2.39. The van der Waals surface area contributed by atoms with Crippen LogP contribution in [-0.2, 0) is 0 Å². The first-order valence-electron chi connectivity index (χ1n) is 7.07. The van der Waals surface area contributed by atoms with E-state index in [1.807, 2.05) is 24.3 Å². The summed E-state index contributed by atoms with van der Waals surface area (Å²) in [4.78, 5) is 4.46. The van der Waals surface area contributed by atoms with Crippen molar-refractivity contribution in [1.82, 2.24) is 4.98 Å². The summed E-state index contributed by atoms with van der Waals surface area (Å²) in [5, 5.41) is 3.38. The van der Waals surface area contributed by atoms with Crippen molar-refractivity contribution in [3.05, 3.63) is 70.2 Å². The molecule has 0 radical (unpaired) electrons. The molecule has 1 aliphatic carbocycles. The molecule has 2 aliphatic rings. The van der Waals surface area contributed by atoms with Gasteiger partial charge in [0.1, 0.15) is 5.82 Å². The van der Waals surface area contributed by atoms with Crippen molar-refractivity contribution in [3.8, 4) is 0 Å². The van der Waals surface area contributed by atoms with Crippen LogP contribution in [0, 0.1) is 11.7 Å². The number of nitrogens with one attached hydrogen (secondary N) is 1. The summed E-state index contributed by atoms with van der Waals surface area (Å²) in [6.45, 7) is 0. The minimum atomic E-state index is -0.209. The maximum atomic E-state index is 14.3. The number of allylic oxidation sites excluding steroid dienone is 2. The Morgan fingerprint density at radius 2 is 2.19 bits per heavy atom. The molecule has 1 aromatic carbocycles. The Morgan fingerprint density at radius 1 is 1.29 bits per heavy atom. The Labute approximate surface area is 131 Å². The van der Waals surface area contributed by atoms with E-state index in [2.05, 4.69) is 38.4 Å². The number of nitrogens with zero attached hydrogens (tertiary/aromatic N) is 1. The summed E-state index contributed by atoms with van der Waals surface area (Å²) in [6.07, 6.45) is 7.18. The quantitative estimate of drug-likeness (QED) is 0.751. The van der Waals surface area contributed by atoms with Crippen molar-refractivity contribution in [2.24, 2.45) is 5.92 Å². The third kappa shape index (κ3) is 2.09. The number of hydrogen-bond donors (Lipinski definition) is 1. The van der Waals surface area contributed by atoms with Gasteiger partial charge in [-0.3, -0.25) is 4.98 Å². The molecule has 1 N–H and O–H groups in total. The van der Waals surface area contributed by atoms with Crippen molar-refractivity contribution < 1.29 is 4.39 Å². The normalized spacial score (nSPS) is 26.1. The smallest absolute Gasteiger partial charge is 0.147 e. The molecule has 0 saturated heterocycles. The highest BCUT2D eigenvalue weighted by molar-refractivity contribution is 9.10. The molecule has 2 aromatic rings. The van der Waals surface area contributed by atoms with Gasteiger partial charge in [0.2, 0.25) is 0 Å². The Morgan fingerprint density at radius 3 is 3.00 bits per heavy atom. The predicted molar refractivity (Wildman–Crippen MR) is 84.7 cm³/mol. The lowest BCUT2D eigenvalue weighted by molar-refractivity contribution is 0.414. The van der Waals surface area contributed by atoms with E-state index in [4.69, 9.17) is 0 Å². The molecule has 2 nitrogen and oxygen atoms in total. The van der Waals surface area contributed by atoms with E-state index < -0.39 is 0 Å². The van der Waals surface area contributed by atoms with Gasteiger partial charge < -0.3 is 5.32 Å². The zero-order valence-corrected chi connectivity index (χ0v) is 12.8.